The third-order valence-electron chi connectivity index (χ3n) is 3.46. The van der Waals surface area contributed by atoms with Gasteiger partial charge in [0.25, 0.3) is 0 Å². The van der Waals surface area contributed by atoms with E-state index >= 15 is 0 Å². The minimum Gasteiger partial charge on any atom is -0.474 e. The van der Waals surface area contributed by atoms with Gasteiger partial charge in [0.1, 0.15) is 17.7 Å². The van der Waals surface area contributed by atoms with E-state index in [4.69, 9.17) is 16.3 Å². The smallest absolute Gasteiger partial charge is 0.417 e. The van der Waals surface area contributed by atoms with E-state index in [0.29, 0.717) is 12.7 Å². The van der Waals surface area contributed by atoms with Gasteiger partial charge in [-0.05, 0) is 32.0 Å². The van der Waals surface area contributed by atoms with Crippen molar-refractivity contribution in [1.29, 1.82) is 0 Å². The Labute approximate surface area is 131 Å². The Morgan fingerprint density at radius 1 is 1.32 bits per heavy atom. The molecule has 0 saturated carbocycles. The Morgan fingerprint density at radius 3 is 2.59 bits per heavy atom. The molecule has 0 radical (unpaired) electrons. The molecule has 1 aliphatic rings. The van der Waals surface area contributed by atoms with E-state index < -0.39 is 17.8 Å². The van der Waals surface area contributed by atoms with Crippen molar-refractivity contribution in [3.8, 4) is 5.88 Å². The molecule has 0 bridgehead atoms. The second-order valence-electron chi connectivity index (χ2n) is 5.33. The van der Waals surface area contributed by atoms with Gasteiger partial charge in [-0.15, -0.1) is 0 Å². The molecule has 1 aromatic rings. The molecular formula is C14H18ClF3N2O2. The fourth-order valence-corrected chi connectivity index (χ4v) is 2.58. The van der Waals surface area contributed by atoms with Gasteiger partial charge in [-0.3, -0.25) is 0 Å². The Hall–Kier alpha value is -1.05. The minimum atomic E-state index is -4.50. The summed E-state index contributed by atoms with van der Waals surface area (Å²) in [6.45, 7) is 2.29. The molecule has 0 aromatic carbocycles. The molecule has 0 spiro atoms. The number of rotatable bonds is 5. The number of piperidine rings is 1. The Kier molecular flexibility index (Phi) is 5.88. The lowest BCUT2D eigenvalue weighted by molar-refractivity contribution is -0.137. The van der Waals surface area contributed by atoms with Gasteiger partial charge in [-0.2, -0.15) is 13.2 Å². The molecule has 1 unspecified atom stereocenters. The largest absolute Gasteiger partial charge is 0.474 e. The van der Waals surface area contributed by atoms with Crippen LogP contribution < -0.4 is 4.74 Å². The third kappa shape index (κ3) is 5.00. The highest BCUT2D eigenvalue weighted by Gasteiger charge is 2.31. The van der Waals surface area contributed by atoms with Crippen LogP contribution in [0.3, 0.4) is 0 Å². The van der Waals surface area contributed by atoms with Crippen LogP contribution in [0.15, 0.2) is 12.3 Å². The van der Waals surface area contributed by atoms with Crippen molar-refractivity contribution in [3.63, 3.8) is 0 Å². The number of halogens is 4. The van der Waals surface area contributed by atoms with Crippen LogP contribution in [-0.2, 0) is 6.18 Å². The van der Waals surface area contributed by atoms with E-state index in [-0.39, 0.29) is 17.5 Å². The van der Waals surface area contributed by atoms with Crippen LogP contribution >= 0.6 is 11.6 Å². The fraction of sp³-hybridized carbons (Fsp3) is 0.643. The van der Waals surface area contributed by atoms with E-state index in [1.165, 1.54) is 6.42 Å². The second-order valence-corrected chi connectivity index (χ2v) is 5.74. The van der Waals surface area contributed by atoms with Crippen molar-refractivity contribution >= 4 is 11.6 Å². The van der Waals surface area contributed by atoms with Crippen LogP contribution in [-0.4, -0.2) is 47.3 Å². The summed E-state index contributed by atoms with van der Waals surface area (Å²) in [5.74, 6) is -0.104. The third-order valence-corrected chi connectivity index (χ3v) is 3.74. The number of nitrogens with zero attached hydrogens (tertiary/aromatic N) is 2. The first-order valence-electron chi connectivity index (χ1n) is 7.12. The number of aromatic nitrogens is 1. The molecule has 1 aromatic heterocycles. The number of ether oxygens (including phenoxy) is 1. The minimum absolute atomic E-state index is 0.0609. The monoisotopic (exact) mass is 338 g/mol. The SMILES string of the molecule is OC(COc1ncc(C(F)(F)F)cc1Cl)CN1CCCCC1. The first-order chi connectivity index (χ1) is 10.4. The number of aliphatic hydroxyl groups excluding tert-OH is 1. The first-order valence-corrected chi connectivity index (χ1v) is 7.50. The van der Waals surface area contributed by atoms with E-state index in [0.717, 1.165) is 32.0 Å². The summed E-state index contributed by atoms with van der Waals surface area (Å²) in [6, 6.07) is 0.765. The Morgan fingerprint density at radius 2 is 2.00 bits per heavy atom. The summed E-state index contributed by atoms with van der Waals surface area (Å²) in [6.07, 6.45) is -1.15. The maximum atomic E-state index is 12.5. The molecule has 1 aliphatic heterocycles. The quantitative estimate of drug-likeness (QED) is 0.896. The van der Waals surface area contributed by atoms with Gasteiger partial charge in [0.2, 0.25) is 5.88 Å². The van der Waals surface area contributed by atoms with Gasteiger partial charge in [-0.1, -0.05) is 18.0 Å². The summed E-state index contributed by atoms with van der Waals surface area (Å²) >= 11 is 5.73. The zero-order valence-corrected chi connectivity index (χ0v) is 12.7. The van der Waals surface area contributed by atoms with Crippen LogP contribution in [0.4, 0.5) is 13.2 Å². The molecular weight excluding hydrogens is 321 g/mol. The second kappa shape index (κ2) is 7.48. The fourth-order valence-electron chi connectivity index (χ4n) is 2.35. The predicted octanol–water partition coefficient (Wildman–Crippen LogP) is 2.98. The van der Waals surface area contributed by atoms with Crippen LogP contribution in [0.1, 0.15) is 24.8 Å². The molecule has 2 heterocycles. The van der Waals surface area contributed by atoms with Gasteiger partial charge in [0.15, 0.2) is 0 Å². The Balaban J connectivity index is 1.85. The zero-order valence-electron chi connectivity index (χ0n) is 11.9. The van der Waals surface area contributed by atoms with Crippen LogP contribution in [0.25, 0.3) is 0 Å². The number of pyridine rings is 1. The topological polar surface area (TPSA) is 45.6 Å². The van der Waals surface area contributed by atoms with Crippen molar-refractivity contribution in [2.75, 3.05) is 26.2 Å². The number of likely N-dealkylation sites (tertiary alicyclic amines) is 1. The van der Waals surface area contributed by atoms with Gasteiger partial charge in [0, 0.05) is 12.7 Å². The lowest BCUT2D eigenvalue weighted by Gasteiger charge is -2.28. The van der Waals surface area contributed by atoms with Gasteiger partial charge < -0.3 is 14.7 Å². The number of alkyl halides is 3. The highest BCUT2D eigenvalue weighted by atomic mass is 35.5. The zero-order chi connectivity index (χ0) is 16.2. The van der Waals surface area contributed by atoms with Crippen molar-refractivity contribution in [2.24, 2.45) is 0 Å². The highest BCUT2D eigenvalue weighted by Crippen LogP contribution is 2.33. The van der Waals surface area contributed by atoms with Crippen LogP contribution in [0.5, 0.6) is 5.88 Å². The normalized spacial score (nSPS) is 18.2. The molecule has 1 fully saturated rings. The standard InChI is InChI=1S/C14H18ClF3N2O2/c15-12-6-10(14(16,17)18)7-19-13(12)22-9-11(21)8-20-4-2-1-3-5-20/h6-7,11,21H,1-5,8-9H2. The van der Waals surface area contributed by atoms with Crippen molar-refractivity contribution in [1.82, 2.24) is 9.88 Å². The molecule has 22 heavy (non-hydrogen) atoms. The molecule has 0 amide bonds. The average Bonchev–Trinajstić information content (AvgIpc) is 2.46. The molecule has 4 nitrogen and oxygen atoms in total. The van der Waals surface area contributed by atoms with E-state index in [9.17, 15) is 18.3 Å². The van der Waals surface area contributed by atoms with Crippen molar-refractivity contribution < 1.29 is 23.0 Å². The molecule has 124 valence electrons. The lowest BCUT2D eigenvalue weighted by atomic mass is 10.1. The summed E-state index contributed by atoms with van der Waals surface area (Å²) in [7, 11) is 0. The number of β-amino-alcohol motifs (C(OH)–C–C–N with tert-alkyl or cyclic N) is 1. The summed E-state index contributed by atoms with van der Waals surface area (Å²) in [5, 5.41) is 9.70. The van der Waals surface area contributed by atoms with Crippen molar-refractivity contribution in [3.05, 3.63) is 22.8 Å². The molecule has 2 rings (SSSR count). The summed E-state index contributed by atoms with van der Waals surface area (Å²) < 4.78 is 42.7. The molecule has 0 aliphatic carbocycles. The van der Waals surface area contributed by atoms with Gasteiger partial charge in [-0.25, -0.2) is 4.98 Å². The Bertz CT molecular complexity index is 493. The highest BCUT2D eigenvalue weighted by molar-refractivity contribution is 6.31. The van der Waals surface area contributed by atoms with Gasteiger partial charge in [0.05, 0.1) is 5.56 Å². The average molecular weight is 339 g/mol. The summed E-state index contributed by atoms with van der Waals surface area (Å²) in [4.78, 5) is 5.70. The first kappa shape index (κ1) is 17.3. The molecule has 1 atom stereocenters. The molecule has 1 N–H and O–H groups in total. The van der Waals surface area contributed by atoms with E-state index in [1.54, 1.807) is 0 Å². The maximum Gasteiger partial charge on any atom is 0.417 e. The molecule has 1 saturated heterocycles. The van der Waals surface area contributed by atoms with Crippen LogP contribution in [0, 0.1) is 0 Å². The molecule has 8 heteroatoms. The van der Waals surface area contributed by atoms with Crippen molar-refractivity contribution in [2.45, 2.75) is 31.5 Å². The summed E-state index contributed by atoms with van der Waals surface area (Å²) in [5.41, 5.74) is -0.932. The van der Waals surface area contributed by atoms with Gasteiger partial charge >= 0.3 is 6.18 Å². The number of aliphatic hydroxyl groups is 1. The van der Waals surface area contributed by atoms with Crippen LogP contribution in [0.2, 0.25) is 5.02 Å². The predicted molar refractivity (Wildman–Crippen MR) is 76.0 cm³/mol. The van der Waals surface area contributed by atoms with E-state index in [1.807, 2.05) is 0 Å². The lowest BCUT2D eigenvalue weighted by Crippen LogP contribution is -2.38. The number of hydrogen-bond donors (Lipinski definition) is 1. The maximum absolute atomic E-state index is 12.5. The number of hydrogen-bond acceptors (Lipinski definition) is 4. The van der Waals surface area contributed by atoms with E-state index in [2.05, 4.69) is 9.88 Å².